The molecule has 6 heteroatoms. The number of thioether (sulfide) groups is 1. The number of hydrogen-bond acceptors (Lipinski definition) is 4. The summed E-state index contributed by atoms with van der Waals surface area (Å²) in [7, 11) is 1.88. The highest BCUT2D eigenvalue weighted by Crippen LogP contribution is 2.25. The van der Waals surface area contributed by atoms with Crippen LogP contribution in [0.5, 0.6) is 0 Å². The number of carbonyl (C=O) groups is 1. The first-order valence-electron chi connectivity index (χ1n) is 5.01. The van der Waals surface area contributed by atoms with Crippen molar-refractivity contribution in [1.29, 1.82) is 0 Å². The van der Waals surface area contributed by atoms with Crippen LogP contribution in [-0.2, 0) is 12.8 Å². The molecule has 0 spiro atoms. The predicted octanol–water partition coefficient (Wildman–Crippen LogP) is 2.31. The fourth-order valence-electron chi connectivity index (χ4n) is 1.46. The van der Waals surface area contributed by atoms with E-state index in [1.165, 1.54) is 17.8 Å². The van der Waals surface area contributed by atoms with Crippen molar-refractivity contribution < 1.29 is 14.3 Å². The molecule has 0 fully saturated rings. The third-order valence-corrected chi connectivity index (χ3v) is 3.20. The van der Waals surface area contributed by atoms with E-state index >= 15 is 0 Å². The van der Waals surface area contributed by atoms with Crippen LogP contribution in [0.25, 0.3) is 0 Å². The summed E-state index contributed by atoms with van der Waals surface area (Å²) in [4.78, 5) is 10.6. The molecule has 0 aliphatic heterocycles. The summed E-state index contributed by atoms with van der Waals surface area (Å²) < 4.78 is 6.96. The van der Waals surface area contributed by atoms with Crippen molar-refractivity contribution >= 4 is 17.7 Å². The first-order chi connectivity index (χ1) is 8.06. The smallest absolute Gasteiger partial charge is 0.371 e. The van der Waals surface area contributed by atoms with Gasteiger partial charge in [0.15, 0.2) is 5.09 Å². The number of carboxylic acid groups (broad SMARTS) is 1. The second kappa shape index (κ2) is 4.67. The predicted molar refractivity (Wildman–Crippen MR) is 63.2 cm³/mol. The minimum absolute atomic E-state index is 0.0336. The van der Waals surface area contributed by atoms with Crippen LogP contribution in [0.15, 0.2) is 27.7 Å². The third-order valence-electron chi connectivity index (χ3n) is 2.25. The van der Waals surface area contributed by atoms with Crippen LogP contribution < -0.4 is 0 Å². The molecule has 0 radical (unpaired) electrons. The summed E-state index contributed by atoms with van der Waals surface area (Å²) in [5.41, 5.74) is 2.04. The van der Waals surface area contributed by atoms with Gasteiger partial charge in [-0.3, -0.25) is 4.68 Å². The van der Waals surface area contributed by atoms with Gasteiger partial charge in [-0.1, -0.05) is 11.8 Å². The van der Waals surface area contributed by atoms with E-state index in [0.29, 0.717) is 10.8 Å². The second-order valence-electron chi connectivity index (χ2n) is 3.61. The largest absolute Gasteiger partial charge is 0.475 e. The van der Waals surface area contributed by atoms with Gasteiger partial charge in [-0.2, -0.15) is 5.10 Å². The van der Waals surface area contributed by atoms with Crippen molar-refractivity contribution in [2.45, 2.75) is 17.8 Å². The third kappa shape index (κ3) is 2.71. The zero-order valence-corrected chi connectivity index (χ0v) is 10.3. The van der Waals surface area contributed by atoms with E-state index in [4.69, 9.17) is 9.52 Å². The molecular weight excluding hydrogens is 240 g/mol. The fourth-order valence-corrected chi connectivity index (χ4v) is 2.33. The van der Waals surface area contributed by atoms with Gasteiger partial charge < -0.3 is 9.52 Å². The van der Waals surface area contributed by atoms with Crippen LogP contribution in [0.4, 0.5) is 0 Å². The molecule has 0 saturated carbocycles. The van der Waals surface area contributed by atoms with Crippen molar-refractivity contribution in [3.05, 3.63) is 35.3 Å². The number of aromatic nitrogens is 2. The minimum atomic E-state index is -1.05. The van der Waals surface area contributed by atoms with E-state index in [9.17, 15) is 4.79 Å². The molecule has 0 aliphatic carbocycles. The summed E-state index contributed by atoms with van der Waals surface area (Å²) in [6, 6.07) is 5.12. The van der Waals surface area contributed by atoms with Gasteiger partial charge in [0.1, 0.15) is 0 Å². The Morgan fingerprint density at radius 2 is 2.35 bits per heavy atom. The Kier molecular flexibility index (Phi) is 3.23. The van der Waals surface area contributed by atoms with Crippen molar-refractivity contribution in [1.82, 2.24) is 9.78 Å². The molecule has 17 heavy (non-hydrogen) atoms. The quantitative estimate of drug-likeness (QED) is 0.846. The van der Waals surface area contributed by atoms with Gasteiger partial charge in [0, 0.05) is 18.5 Å². The van der Waals surface area contributed by atoms with Crippen molar-refractivity contribution in [3.8, 4) is 0 Å². The van der Waals surface area contributed by atoms with E-state index < -0.39 is 5.97 Å². The Labute approximate surface area is 102 Å². The average molecular weight is 252 g/mol. The van der Waals surface area contributed by atoms with E-state index in [2.05, 4.69) is 5.10 Å². The molecule has 0 aliphatic rings. The number of nitrogens with zero attached hydrogens (tertiary/aromatic N) is 2. The van der Waals surface area contributed by atoms with Crippen molar-refractivity contribution in [2.75, 3.05) is 0 Å². The molecule has 2 rings (SSSR count). The Balaban J connectivity index is 2.02. The highest BCUT2D eigenvalue weighted by molar-refractivity contribution is 7.98. The molecule has 0 bridgehead atoms. The van der Waals surface area contributed by atoms with Gasteiger partial charge in [-0.25, -0.2) is 4.79 Å². The summed E-state index contributed by atoms with van der Waals surface area (Å²) in [5, 5.41) is 13.5. The highest BCUT2D eigenvalue weighted by atomic mass is 32.2. The monoisotopic (exact) mass is 252 g/mol. The van der Waals surface area contributed by atoms with Gasteiger partial charge in [0.05, 0.1) is 5.69 Å². The number of aryl methyl sites for hydroxylation is 2. The van der Waals surface area contributed by atoms with Crippen LogP contribution >= 0.6 is 11.8 Å². The second-order valence-corrected chi connectivity index (χ2v) is 4.59. The summed E-state index contributed by atoms with van der Waals surface area (Å²) >= 11 is 1.45. The first-order valence-corrected chi connectivity index (χ1v) is 6.00. The lowest BCUT2D eigenvalue weighted by molar-refractivity contribution is 0.0656. The number of carboxylic acids is 1. The van der Waals surface area contributed by atoms with Gasteiger partial charge in [-0.05, 0) is 25.1 Å². The average Bonchev–Trinajstić information content (AvgIpc) is 2.82. The maximum absolute atomic E-state index is 10.6. The summed E-state index contributed by atoms with van der Waals surface area (Å²) in [6.07, 6.45) is 0. The molecule has 1 N–H and O–H groups in total. The standard InChI is InChI=1S/C11H12N2O3S/c1-7-5-8(13(2)12-7)6-17-10-4-3-9(16-10)11(14)15/h3-5H,6H2,1-2H3,(H,14,15). The Hall–Kier alpha value is -1.69. The van der Waals surface area contributed by atoms with E-state index in [0.717, 1.165) is 11.4 Å². The van der Waals surface area contributed by atoms with Crippen LogP contribution in [-0.4, -0.2) is 20.9 Å². The van der Waals surface area contributed by atoms with Crippen molar-refractivity contribution in [2.24, 2.45) is 7.05 Å². The maximum Gasteiger partial charge on any atom is 0.371 e. The highest BCUT2D eigenvalue weighted by Gasteiger charge is 2.10. The molecule has 0 atom stereocenters. The first kappa shape index (κ1) is 11.8. The van der Waals surface area contributed by atoms with Gasteiger partial charge in [-0.15, -0.1) is 0 Å². The molecule has 5 nitrogen and oxygen atoms in total. The molecule has 2 heterocycles. The number of furan rings is 1. The minimum Gasteiger partial charge on any atom is -0.475 e. The normalized spacial score (nSPS) is 10.7. The van der Waals surface area contributed by atoms with Gasteiger partial charge in [0.25, 0.3) is 0 Å². The van der Waals surface area contributed by atoms with Crippen LogP contribution in [0, 0.1) is 6.92 Å². The zero-order chi connectivity index (χ0) is 12.4. The fraction of sp³-hybridized carbons (Fsp3) is 0.273. The number of hydrogen-bond donors (Lipinski definition) is 1. The maximum atomic E-state index is 10.6. The Morgan fingerprint density at radius 1 is 1.59 bits per heavy atom. The lowest BCUT2D eigenvalue weighted by atomic mass is 10.4. The van der Waals surface area contributed by atoms with E-state index in [1.54, 1.807) is 6.07 Å². The summed E-state index contributed by atoms with van der Waals surface area (Å²) in [5.74, 6) is -0.383. The number of aromatic carboxylic acids is 1. The Morgan fingerprint density at radius 3 is 2.88 bits per heavy atom. The molecule has 90 valence electrons. The molecule has 0 saturated heterocycles. The molecule has 0 aromatic carbocycles. The number of rotatable bonds is 4. The Bertz CT molecular complexity index is 545. The van der Waals surface area contributed by atoms with E-state index in [-0.39, 0.29) is 5.76 Å². The molecule has 0 unspecified atom stereocenters. The van der Waals surface area contributed by atoms with Crippen LogP contribution in [0.1, 0.15) is 21.9 Å². The molecule has 0 amide bonds. The van der Waals surface area contributed by atoms with Gasteiger partial charge >= 0.3 is 5.97 Å². The lowest BCUT2D eigenvalue weighted by Gasteiger charge is -1.99. The zero-order valence-electron chi connectivity index (χ0n) is 9.51. The topological polar surface area (TPSA) is 68.3 Å². The van der Waals surface area contributed by atoms with Crippen LogP contribution in [0.3, 0.4) is 0 Å². The van der Waals surface area contributed by atoms with Crippen molar-refractivity contribution in [3.63, 3.8) is 0 Å². The van der Waals surface area contributed by atoms with Gasteiger partial charge in [0.2, 0.25) is 5.76 Å². The molecular formula is C11H12N2O3S. The molecule has 2 aromatic heterocycles. The lowest BCUT2D eigenvalue weighted by Crippen LogP contribution is -1.96. The van der Waals surface area contributed by atoms with Crippen LogP contribution in [0.2, 0.25) is 0 Å². The summed E-state index contributed by atoms with van der Waals surface area (Å²) in [6.45, 7) is 1.93. The van der Waals surface area contributed by atoms with E-state index in [1.807, 2.05) is 24.7 Å². The molecule has 2 aromatic rings. The SMILES string of the molecule is Cc1cc(CSc2ccc(C(=O)O)o2)n(C)n1.